The first-order valence-corrected chi connectivity index (χ1v) is 11.3. The predicted octanol–water partition coefficient (Wildman–Crippen LogP) is 4.84. The monoisotopic (exact) mass is 480 g/mol. The summed E-state index contributed by atoms with van der Waals surface area (Å²) in [5.41, 5.74) is -0.378. The van der Waals surface area contributed by atoms with Crippen LogP contribution in [0, 0.1) is 40.9 Å². The smallest absolute Gasteiger partial charge is 0.337 e. The molecule has 180 valence electrons. The minimum atomic E-state index is -1.98. The minimum Gasteiger partial charge on any atom is -0.511 e. The molecule has 3 atom stereocenters. The Morgan fingerprint density at radius 2 is 1.56 bits per heavy atom. The summed E-state index contributed by atoms with van der Waals surface area (Å²) in [6.45, 7) is 1.88. The molecular formula is C29H24N2O5. The van der Waals surface area contributed by atoms with Gasteiger partial charge in [-0.1, -0.05) is 72.3 Å². The fourth-order valence-corrected chi connectivity index (χ4v) is 5.28. The van der Waals surface area contributed by atoms with Crippen LogP contribution < -0.4 is 0 Å². The average Bonchev–Trinajstić information content (AvgIpc) is 2.92. The molecule has 4 rings (SSSR count). The second-order valence-electron chi connectivity index (χ2n) is 8.77. The second-order valence-corrected chi connectivity index (χ2v) is 8.77. The molecule has 7 nitrogen and oxygen atoms in total. The number of aryl methyl sites for hydroxylation is 1. The van der Waals surface area contributed by atoms with Crippen molar-refractivity contribution < 1.29 is 24.2 Å². The van der Waals surface area contributed by atoms with Crippen molar-refractivity contribution in [3.8, 4) is 12.1 Å². The van der Waals surface area contributed by atoms with E-state index < -0.39 is 40.9 Å². The number of ether oxygens (including phenoxy) is 2. The molecule has 36 heavy (non-hydrogen) atoms. The zero-order valence-electron chi connectivity index (χ0n) is 20.1. The topological polar surface area (TPSA) is 120 Å². The Labute approximate surface area is 208 Å². The van der Waals surface area contributed by atoms with Gasteiger partial charge in [-0.3, -0.25) is 4.79 Å². The van der Waals surface area contributed by atoms with Gasteiger partial charge in [-0.15, -0.1) is 0 Å². The summed E-state index contributed by atoms with van der Waals surface area (Å²) in [5, 5.41) is 34.4. The normalized spacial score (nSPS) is 20.8. The zero-order valence-corrected chi connectivity index (χ0v) is 20.1. The second kappa shape index (κ2) is 9.56. The SMILES string of the molecule is COC(=O)C1=C(O)[C@H](C(=O)OC)[C@H](c2ccc(C)cc2)C(C#N)(C#N)[C@@H]1c1cccc2ccccc12. The summed E-state index contributed by atoms with van der Waals surface area (Å²) in [4.78, 5) is 26.2. The minimum absolute atomic E-state index is 0.310. The maximum Gasteiger partial charge on any atom is 0.337 e. The fraction of sp³-hybridized carbons (Fsp3) is 0.241. The highest BCUT2D eigenvalue weighted by Gasteiger charge is 2.61. The van der Waals surface area contributed by atoms with Gasteiger partial charge >= 0.3 is 11.9 Å². The van der Waals surface area contributed by atoms with Crippen LogP contribution in [0.5, 0.6) is 0 Å². The maximum atomic E-state index is 13.2. The summed E-state index contributed by atoms with van der Waals surface area (Å²) < 4.78 is 9.98. The van der Waals surface area contributed by atoms with Crippen molar-refractivity contribution in [1.82, 2.24) is 0 Å². The molecule has 0 saturated heterocycles. The summed E-state index contributed by atoms with van der Waals surface area (Å²) in [5.74, 6) is -6.21. The van der Waals surface area contributed by atoms with Crippen LogP contribution in [0.4, 0.5) is 0 Å². The van der Waals surface area contributed by atoms with Crippen molar-refractivity contribution in [2.45, 2.75) is 18.8 Å². The van der Waals surface area contributed by atoms with Crippen LogP contribution >= 0.6 is 0 Å². The number of methoxy groups -OCH3 is 2. The molecule has 0 spiro atoms. The van der Waals surface area contributed by atoms with E-state index in [2.05, 4.69) is 12.1 Å². The lowest BCUT2D eigenvalue weighted by atomic mass is 9.53. The molecule has 0 bridgehead atoms. The lowest BCUT2D eigenvalue weighted by Gasteiger charge is -2.44. The Morgan fingerprint density at radius 1 is 0.917 bits per heavy atom. The van der Waals surface area contributed by atoms with E-state index in [0.29, 0.717) is 16.5 Å². The Hall–Kier alpha value is -4.62. The summed E-state index contributed by atoms with van der Waals surface area (Å²) in [7, 11) is 2.29. The molecule has 0 fully saturated rings. The van der Waals surface area contributed by atoms with E-state index in [-0.39, 0.29) is 5.57 Å². The first-order chi connectivity index (χ1) is 17.3. The molecule has 3 aromatic carbocycles. The van der Waals surface area contributed by atoms with Gasteiger partial charge in [0.1, 0.15) is 11.7 Å². The number of hydrogen-bond donors (Lipinski definition) is 1. The average molecular weight is 481 g/mol. The standard InChI is InChI=1S/C29H24N2O5/c1-17-11-13-19(14-12-17)24-22(27(33)35-2)26(32)23(28(34)36-3)25(29(24,15-30)16-31)21-10-6-8-18-7-4-5-9-20(18)21/h4-14,22,24-25,32H,1-3H3/t22-,24+,25-/m1/s1. The number of carbonyl (C=O) groups is 2. The third kappa shape index (κ3) is 3.66. The fourth-order valence-electron chi connectivity index (χ4n) is 5.28. The highest BCUT2D eigenvalue weighted by molar-refractivity contribution is 5.96. The van der Waals surface area contributed by atoms with E-state index in [4.69, 9.17) is 9.47 Å². The van der Waals surface area contributed by atoms with E-state index in [1.807, 2.05) is 37.3 Å². The van der Waals surface area contributed by atoms with Crippen LogP contribution in [0.3, 0.4) is 0 Å². The molecule has 0 amide bonds. The number of hydrogen-bond acceptors (Lipinski definition) is 7. The first kappa shape index (κ1) is 24.5. The Bertz CT molecular complexity index is 1440. The first-order valence-electron chi connectivity index (χ1n) is 11.3. The molecule has 0 saturated carbocycles. The van der Waals surface area contributed by atoms with Crippen LogP contribution in [0.15, 0.2) is 78.1 Å². The van der Waals surface area contributed by atoms with Crippen molar-refractivity contribution in [3.63, 3.8) is 0 Å². The predicted molar refractivity (Wildman–Crippen MR) is 131 cm³/mol. The molecule has 1 N–H and O–H groups in total. The highest BCUT2D eigenvalue weighted by Crippen LogP contribution is 2.59. The van der Waals surface area contributed by atoms with Crippen LogP contribution in [0.25, 0.3) is 10.8 Å². The van der Waals surface area contributed by atoms with Gasteiger partial charge in [0.2, 0.25) is 0 Å². The van der Waals surface area contributed by atoms with Gasteiger partial charge in [-0.25, -0.2) is 4.79 Å². The van der Waals surface area contributed by atoms with Gasteiger partial charge in [-0.05, 0) is 28.8 Å². The van der Waals surface area contributed by atoms with Gasteiger partial charge in [0.15, 0.2) is 5.41 Å². The number of nitrogens with zero attached hydrogens (tertiary/aromatic N) is 2. The number of nitriles is 2. The largest absolute Gasteiger partial charge is 0.511 e. The molecule has 7 heteroatoms. The molecule has 1 aliphatic carbocycles. The highest BCUT2D eigenvalue weighted by atomic mass is 16.5. The molecule has 0 heterocycles. The van der Waals surface area contributed by atoms with Crippen molar-refractivity contribution in [2.75, 3.05) is 14.2 Å². The molecule has 1 aliphatic rings. The number of fused-ring (bicyclic) bond motifs is 1. The third-order valence-corrected chi connectivity index (χ3v) is 6.94. The Balaban J connectivity index is 2.18. The van der Waals surface area contributed by atoms with Gasteiger partial charge in [0.25, 0.3) is 0 Å². The molecular weight excluding hydrogens is 456 g/mol. The number of aliphatic hydroxyl groups is 1. The van der Waals surface area contributed by atoms with E-state index in [1.54, 1.807) is 36.4 Å². The lowest BCUT2D eigenvalue weighted by molar-refractivity contribution is -0.147. The lowest BCUT2D eigenvalue weighted by Crippen LogP contribution is -2.47. The number of esters is 2. The molecule has 3 aromatic rings. The van der Waals surface area contributed by atoms with Gasteiger partial charge < -0.3 is 14.6 Å². The molecule has 0 aromatic heterocycles. The van der Waals surface area contributed by atoms with Gasteiger partial charge in [0, 0.05) is 5.92 Å². The summed E-state index contributed by atoms with van der Waals surface area (Å²) in [6.07, 6.45) is 0. The van der Waals surface area contributed by atoms with Crippen LogP contribution in [-0.4, -0.2) is 31.3 Å². The van der Waals surface area contributed by atoms with Gasteiger partial charge in [0.05, 0.1) is 37.8 Å². The maximum absolute atomic E-state index is 13.2. The van der Waals surface area contributed by atoms with Crippen LogP contribution in [0.2, 0.25) is 0 Å². The van der Waals surface area contributed by atoms with E-state index >= 15 is 0 Å². The van der Waals surface area contributed by atoms with Crippen LogP contribution in [0.1, 0.15) is 28.5 Å². The Kier molecular flexibility index (Phi) is 6.51. The van der Waals surface area contributed by atoms with E-state index in [1.165, 1.54) is 0 Å². The zero-order chi connectivity index (χ0) is 26.0. The van der Waals surface area contributed by atoms with Gasteiger partial charge in [-0.2, -0.15) is 10.5 Å². The third-order valence-electron chi connectivity index (χ3n) is 6.94. The van der Waals surface area contributed by atoms with Crippen LogP contribution in [-0.2, 0) is 19.1 Å². The number of rotatable bonds is 4. The quantitative estimate of drug-likeness (QED) is 0.531. The number of aliphatic hydroxyl groups excluding tert-OH is 1. The number of benzene rings is 3. The van der Waals surface area contributed by atoms with Crippen molar-refractivity contribution in [3.05, 3.63) is 94.8 Å². The molecule has 0 radical (unpaired) electrons. The summed E-state index contributed by atoms with van der Waals surface area (Å²) >= 11 is 0. The number of carbonyl (C=O) groups excluding carboxylic acids is 2. The molecule has 0 aliphatic heterocycles. The van der Waals surface area contributed by atoms with E-state index in [0.717, 1.165) is 25.2 Å². The summed E-state index contributed by atoms with van der Waals surface area (Å²) in [6, 6.07) is 24.1. The van der Waals surface area contributed by atoms with Crippen molar-refractivity contribution in [2.24, 2.45) is 11.3 Å². The molecule has 0 unspecified atom stereocenters. The Morgan fingerprint density at radius 3 is 2.17 bits per heavy atom. The van der Waals surface area contributed by atoms with Crippen molar-refractivity contribution >= 4 is 22.7 Å². The van der Waals surface area contributed by atoms with E-state index in [9.17, 15) is 25.2 Å². The van der Waals surface area contributed by atoms with Crippen molar-refractivity contribution in [1.29, 1.82) is 10.5 Å².